The van der Waals surface area contributed by atoms with E-state index in [1.165, 1.54) is 18.9 Å². The summed E-state index contributed by atoms with van der Waals surface area (Å²) in [5.41, 5.74) is 3.69. The zero-order valence-electron chi connectivity index (χ0n) is 56.1. The summed E-state index contributed by atoms with van der Waals surface area (Å²) < 4.78 is 51.5. The van der Waals surface area contributed by atoms with Crippen molar-refractivity contribution in [3.05, 3.63) is 209 Å². The molecule has 512 valence electrons. The Bertz CT molecular complexity index is 3510. The number of nitrogens with one attached hydrogen (secondary N) is 5. The van der Waals surface area contributed by atoms with E-state index in [2.05, 4.69) is 60.4 Å². The summed E-state index contributed by atoms with van der Waals surface area (Å²) in [4.78, 5) is 120. The summed E-state index contributed by atoms with van der Waals surface area (Å²) in [6.07, 6.45) is -3.26. The van der Waals surface area contributed by atoms with E-state index in [1.807, 2.05) is 0 Å². The molecule has 6 aromatic rings. The van der Waals surface area contributed by atoms with E-state index < -0.39 is 119 Å². The monoisotopic (exact) mass is 1350 g/mol. The second-order valence-electron chi connectivity index (χ2n) is 25.5. The molecule has 7 rings (SSSR count). The summed E-state index contributed by atoms with van der Waals surface area (Å²) in [7, 11) is -5.45. The second-order valence-corrected chi connectivity index (χ2v) is 31.9. The van der Waals surface area contributed by atoms with Gasteiger partial charge >= 0.3 is 13.8 Å². The number of aldehydes is 1. The standard InChI is InChI=1S/C73H91N6O15PSi/c1-10-50(2)64-72(87)93-51(3)65(78-69(84)63(89-46-55-31-20-13-21-32-55)49-92-95(88,90-47-56-33-22-14-23-34-56)91-48-57-35-24-15-25-36-57)70(85)75-60(43-52-27-16-11-17-28-52)67(82)74-59(37-26-42-80)66(81)76-61(44-53-29-18-12-19-30-53)71(86)79(7)62(68(83)77-64)45-54-38-40-58(41-39-54)94-96(8,9)73(4,5)6/h11-25,27-36,38-42,50-51,59-65H,10,26,37,43-49H2,1-9H3,(H,74,82)(H,75,85)(H,76,81)(H,77,83)(H,78,84)/t50-,51+,59-,60-,61-,62?,63-,64-,65-/m0/s1. The third-order valence-electron chi connectivity index (χ3n) is 17.2. The summed E-state index contributed by atoms with van der Waals surface area (Å²) in [6, 6.07) is 42.1. The smallest absolute Gasteiger partial charge is 0.475 e. The normalized spacial score (nSPS) is 20.3. The predicted octanol–water partition coefficient (Wildman–Crippen LogP) is 9.46. The van der Waals surface area contributed by atoms with Gasteiger partial charge in [0.1, 0.15) is 54.4 Å². The molecule has 1 heterocycles. The molecule has 1 fully saturated rings. The minimum atomic E-state index is -4.59. The molecular weight excluding hydrogens is 1260 g/mol. The van der Waals surface area contributed by atoms with E-state index in [9.17, 15) is 14.2 Å². The average molecular weight is 1350 g/mol. The van der Waals surface area contributed by atoms with Gasteiger partial charge in [-0.2, -0.15) is 0 Å². The molecule has 0 bridgehead atoms. The molecule has 0 saturated carbocycles. The molecule has 21 nitrogen and oxygen atoms in total. The molecular formula is C73H91N6O15PSi. The number of carbonyl (C=O) groups is 8. The van der Waals surface area contributed by atoms with Crippen molar-refractivity contribution in [2.24, 2.45) is 5.92 Å². The minimum Gasteiger partial charge on any atom is -0.544 e. The molecule has 0 aliphatic carbocycles. The van der Waals surface area contributed by atoms with Crippen LogP contribution in [-0.2, 0) is 105 Å². The van der Waals surface area contributed by atoms with Crippen molar-refractivity contribution in [3.63, 3.8) is 0 Å². The number of phosphoric acid groups is 1. The van der Waals surface area contributed by atoms with Gasteiger partial charge < -0.3 is 50.2 Å². The molecule has 6 amide bonds. The van der Waals surface area contributed by atoms with Crippen LogP contribution in [0.25, 0.3) is 0 Å². The number of amides is 6. The summed E-state index contributed by atoms with van der Waals surface area (Å²) in [5.74, 6) is -6.38. The molecule has 96 heavy (non-hydrogen) atoms. The number of hydrogen-bond donors (Lipinski definition) is 5. The Hall–Kier alpha value is -8.63. The van der Waals surface area contributed by atoms with Gasteiger partial charge in [0.05, 0.1) is 26.4 Å². The first-order chi connectivity index (χ1) is 45.8. The Morgan fingerprint density at radius 2 is 1.07 bits per heavy atom. The van der Waals surface area contributed by atoms with Crippen molar-refractivity contribution in [1.29, 1.82) is 0 Å². The lowest BCUT2D eigenvalue weighted by Crippen LogP contribution is -2.61. The third-order valence-corrected chi connectivity index (χ3v) is 22.9. The molecule has 1 unspecified atom stereocenters. The van der Waals surface area contributed by atoms with Gasteiger partial charge in [0.15, 0.2) is 6.10 Å². The number of esters is 1. The lowest BCUT2D eigenvalue weighted by molar-refractivity contribution is -0.158. The fourth-order valence-electron chi connectivity index (χ4n) is 10.2. The largest absolute Gasteiger partial charge is 0.544 e. The molecule has 0 radical (unpaired) electrons. The third kappa shape index (κ3) is 22.5. The molecule has 0 aromatic heterocycles. The van der Waals surface area contributed by atoms with E-state index in [4.69, 9.17) is 27.5 Å². The Kier molecular flexibility index (Phi) is 28.0. The van der Waals surface area contributed by atoms with E-state index in [1.54, 1.807) is 190 Å². The zero-order chi connectivity index (χ0) is 69.4. The van der Waals surface area contributed by atoms with E-state index in [0.717, 1.165) is 0 Å². The van der Waals surface area contributed by atoms with Crippen molar-refractivity contribution in [1.82, 2.24) is 31.5 Å². The number of hydrogen-bond acceptors (Lipinski definition) is 15. The van der Waals surface area contributed by atoms with Gasteiger partial charge in [-0.25, -0.2) is 9.36 Å². The van der Waals surface area contributed by atoms with Crippen LogP contribution in [0.1, 0.15) is 94.2 Å². The number of phosphoric ester groups is 1. The number of likely N-dealkylation sites (N-methyl/N-ethyl adjacent to an activating group) is 1. The second kappa shape index (κ2) is 35.9. The molecule has 1 aliphatic heterocycles. The van der Waals surface area contributed by atoms with Crippen LogP contribution < -0.4 is 31.0 Å². The highest BCUT2D eigenvalue weighted by Crippen LogP contribution is 2.51. The highest BCUT2D eigenvalue weighted by Gasteiger charge is 2.43. The number of carbonyl (C=O) groups excluding carboxylic acids is 8. The van der Waals surface area contributed by atoms with Gasteiger partial charge in [-0.1, -0.05) is 205 Å². The van der Waals surface area contributed by atoms with Gasteiger partial charge in [-0.3, -0.25) is 42.3 Å². The van der Waals surface area contributed by atoms with Crippen LogP contribution in [0.2, 0.25) is 18.1 Å². The number of cyclic esters (lactones) is 1. The number of benzene rings is 6. The number of ether oxygens (including phenoxy) is 2. The first kappa shape index (κ1) is 74.8. The first-order valence-corrected chi connectivity index (χ1v) is 36.8. The number of rotatable bonds is 27. The fraction of sp³-hybridized carbons (Fsp3) is 0.397. The maximum Gasteiger partial charge on any atom is 0.475 e. The zero-order valence-corrected chi connectivity index (χ0v) is 58.0. The Morgan fingerprint density at radius 1 is 0.615 bits per heavy atom. The highest BCUT2D eigenvalue weighted by molar-refractivity contribution is 7.48. The molecule has 23 heteroatoms. The van der Waals surface area contributed by atoms with Crippen LogP contribution in [0, 0.1) is 5.92 Å². The molecule has 9 atom stereocenters. The fourth-order valence-corrected chi connectivity index (χ4v) is 12.4. The van der Waals surface area contributed by atoms with Crippen LogP contribution in [0.4, 0.5) is 0 Å². The molecule has 1 saturated heterocycles. The van der Waals surface area contributed by atoms with Crippen LogP contribution in [0.5, 0.6) is 5.75 Å². The maximum atomic E-state index is 15.4. The van der Waals surface area contributed by atoms with Gasteiger partial charge in [0.2, 0.25) is 37.9 Å². The van der Waals surface area contributed by atoms with Crippen LogP contribution in [-0.4, -0.2) is 123 Å². The van der Waals surface area contributed by atoms with Gasteiger partial charge in [0, 0.05) is 32.7 Å². The van der Waals surface area contributed by atoms with Crippen molar-refractivity contribution < 1.29 is 70.4 Å². The van der Waals surface area contributed by atoms with Gasteiger partial charge in [-0.05, 0) is 82.9 Å². The van der Waals surface area contributed by atoms with E-state index >= 15 is 28.8 Å². The summed E-state index contributed by atoms with van der Waals surface area (Å²) in [6.45, 7) is 14.0. The summed E-state index contributed by atoms with van der Waals surface area (Å²) >= 11 is 0. The maximum absolute atomic E-state index is 15.4. The first-order valence-electron chi connectivity index (χ1n) is 32.4. The van der Waals surface area contributed by atoms with E-state index in [0.29, 0.717) is 51.8 Å². The van der Waals surface area contributed by atoms with Gasteiger partial charge in [0.25, 0.3) is 5.91 Å². The quantitative estimate of drug-likeness (QED) is 0.0139. The lowest BCUT2D eigenvalue weighted by Gasteiger charge is -2.36. The van der Waals surface area contributed by atoms with Crippen molar-refractivity contribution >= 4 is 63.8 Å². The highest BCUT2D eigenvalue weighted by atomic mass is 31.2. The van der Waals surface area contributed by atoms with Crippen LogP contribution >= 0.6 is 7.82 Å². The predicted molar refractivity (Wildman–Crippen MR) is 366 cm³/mol. The minimum absolute atomic E-state index is 0.0783. The van der Waals surface area contributed by atoms with Crippen molar-refractivity contribution in [2.75, 3.05) is 13.7 Å². The topological polar surface area (TPSA) is 272 Å². The average Bonchev–Trinajstić information content (AvgIpc) is 3.30. The van der Waals surface area contributed by atoms with Gasteiger partial charge in [-0.15, -0.1) is 0 Å². The molecule has 6 aromatic carbocycles. The van der Waals surface area contributed by atoms with E-state index in [-0.39, 0.29) is 57.0 Å². The number of nitrogens with zero attached hydrogens (tertiary/aromatic N) is 1. The Balaban J connectivity index is 1.30. The Labute approximate surface area is 564 Å². The van der Waals surface area contributed by atoms with Crippen molar-refractivity contribution in [3.8, 4) is 5.75 Å². The van der Waals surface area contributed by atoms with Crippen LogP contribution in [0.3, 0.4) is 0 Å². The van der Waals surface area contributed by atoms with Crippen LogP contribution in [0.15, 0.2) is 176 Å². The molecule has 1 aliphatic rings. The van der Waals surface area contributed by atoms with Crippen molar-refractivity contribution in [2.45, 2.75) is 166 Å². The molecule has 5 N–H and O–H groups in total. The molecule has 0 spiro atoms. The Morgan fingerprint density at radius 3 is 1.57 bits per heavy atom. The summed E-state index contributed by atoms with van der Waals surface area (Å²) in [5, 5.41) is 13.8. The lowest BCUT2D eigenvalue weighted by atomic mass is 9.97. The SMILES string of the molecule is CC[C@H](C)[C@@H]1NC(=O)C(Cc2ccc(O[Si](C)(C)C(C)(C)C)cc2)N(C)C(=O)[C@H](Cc2ccccc2)NC(=O)[C@H](CCC=O)NC(=O)[C@H](Cc2ccccc2)NC(=O)[C@@H](NC(=O)[C@H](COP(=O)(OCc2ccccc2)OCc2ccccc2)OCc2ccccc2)[C@@H](C)OC1=O.